The molecule has 0 aliphatic carbocycles. The van der Waals surface area contributed by atoms with E-state index in [4.69, 9.17) is 25.8 Å². The molecule has 2 heterocycles. The summed E-state index contributed by atoms with van der Waals surface area (Å²) in [5, 5.41) is 12.4. The van der Waals surface area contributed by atoms with Crippen molar-refractivity contribution in [2.24, 2.45) is 7.05 Å². The van der Waals surface area contributed by atoms with Gasteiger partial charge >= 0.3 is 0 Å². The summed E-state index contributed by atoms with van der Waals surface area (Å²) in [7, 11) is 1.84. The van der Waals surface area contributed by atoms with Gasteiger partial charge in [-0.1, -0.05) is 35.5 Å². The zero-order chi connectivity index (χ0) is 21.6. The van der Waals surface area contributed by atoms with Crippen LogP contribution in [0.1, 0.15) is 5.82 Å². The van der Waals surface area contributed by atoms with E-state index in [1.165, 1.54) is 11.8 Å². The Morgan fingerprint density at radius 3 is 2.81 bits per heavy atom. The lowest BCUT2D eigenvalue weighted by atomic mass is 10.2. The summed E-state index contributed by atoms with van der Waals surface area (Å²) < 4.78 is 19.0. The summed E-state index contributed by atoms with van der Waals surface area (Å²) in [5.74, 6) is 2.86. The van der Waals surface area contributed by atoms with Gasteiger partial charge in [-0.15, -0.1) is 10.2 Å². The highest BCUT2D eigenvalue weighted by Crippen LogP contribution is 2.30. The smallest absolute Gasteiger partial charge is 0.230 e. The molecule has 0 fully saturated rings. The molecule has 0 spiro atoms. The minimum atomic E-state index is -0.227. The van der Waals surface area contributed by atoms with Crippen molar-refractivity contribution in [1.82, 2.24) is 20.1 Å². The van der Waals surface area contributed by atoms with E-state index in [1.807, 2.05) is 35.9 Å². The van der Waals surface area contributed by atoms with Crippen LogP contribution in [0.2, 0.25) is 5.02 Å². The third-order valence-electron chi connectivity index (χ3n) is 4.53. The molecule has 4 rings (SSSR count). The Morgan fingerprint density at radius 2 is 2.00 bits per heavy atom. The quantitative estimate of drug-likeness (QED) is 0.517. The Labute approximate surface area is 188 Å². The van der Waals surface area contributed by atoms with Gasteiger partial charge in [0.05, 0.1) is 12.3 Å². The monoisotopic (exact) mass is 460 g/mol. The van der Waals surface area contributed by atoms with Gasteiger partial charge in [-0.05, 0) is 36.4 Å². The van der Waals surface area contributed by atoms with Gasteiger partial charge in [0.2, 0.25) is 5.91 Å². The highest BCUT2D eigenvalue weighted by atomic mass is 35.5. The molecule has 2 aromatic carbocycles. The molecule has 1 aromatic heterocycles. The van der Waals surface area contributed by atoms with Gasteiger partial charge in [-0.3, -0.25) is 4.79 Å². The van der Waals surface area contributed by atoms with Crippen LogP contribution in [0.4, 0.5) is 0 Å². The Kier molecular flexibility index (Phi) is 6.83. The molecule has 1 N–H and O–H groups in total. The number of hydrogen-bond acceptors (Lipinski definition) is 7. The average molecular weight is 461 g/mol. The Bertz CT molecular complexity index is 1040. The third-order valence-corrected chi connectivity index (χ3v) is 5.81. The van der Waals surface area contributed by atoms with E-state index >= 15 is 0 Å². The number of amides is 1. The van der Waals surface area contributed by atoms with Crippen molar-refractivity contribution in [1.29, 1.82) is 0 Å². The number of halogens is 1. The van der Waals surface area contributed by atoms with Crippen molar-refractivity contribution in [2.75, 3.05) is 18.9 Å². The Balaban J connectivity index is 1.21. The Morgan fingerprint density at radius 1 is 1.23 bits per heavy atom. The van der Waals surface area contributed by atoms with Crippen LogP contribution in [0, 0.1) is 0 Å². The van der Waals surface area contributed by atoms with Crippen LogP contribution in [-0.2, 0) is 18.4 Å². The number of nitrogens with zero attached hydrogens (tertiary/aromatic N) is 3. The first-order valence-corrected chi connectivity index (χ1v) is 11.0. The number of benzene rings is 2. The van der Waals surface area contributed by atoms with Gasteiger partial charge in [-0.2, -0.15) is 0 Å². The van der Waals surface area contributed by atoms with Crippen LogP contribution < -0.4 is 19.5 Å². The molecule has 1 aliphatic rings. The minimum Gasteiger partial charge on any atom is -0.486 e. The number of nitrogens with one attached hydrogen (secondary N) is 1. The van der Waals surface area contributed by atoms with Crippen LogP contribution in [0.3, 0.4) is 0 Å². The molecular weight excluding hydrogens is 440 g/mol. The van der Waals surface area contributed by atoms with Crippen molar-refractivity contribution in [2.45, 2.75) is 17.9 Å². The topological polar surface area (TPSA) is 87.5 Å². The second-order valence-electron chi connectivity index (χ2n) is 6.79. The summed E-state index contributed by atoms with van der Waals surface area (Å²) in [6.45, 7) is 1.02. The Hall–Kier alpha value is -2.91. The van der Waals surface area contributed by atoms with Gasteiger partial charge in [0.1, 0.15) is 25.1 Å². The maximum absolute atomic E-state index is 12.2. The number of carbonyl (C=O) groups is 1. The van der Waals surface area contributed by atoms with E-state index < -0.39 is 0 Å². The molecule has 8 nitrogen and oxygen atoms in total. The molecule has 0 bridgehead atoms. The van der Waals surface area contributed by atoms with Gasteiger partial charge in [0.15, 0.2) is 22.5 Å². The van der Waals surface area contributed by atoms with Crippen molar-refractivity contribution in [3.63, 3.8) is 0 Å². The van der Waals surface area contributed by atoms with Crippen molar-refractivity contribution in [3.05, 3.63) is 59.4 Å². The van der Waals surface area contributed by atoms with Gasteiger partial charge in [0, 0.05) is 12.1 Å². The number of para-hydroxylation sites is 2. The maximum atomic E-state index is 12.2. The lowest BCUT2D eigenvalue weighted by Gasteiger charge is -2.26. The summed E-state index contributed by atoms with van der Waals surface area (Å²) in [6.07, 6.45) is -0.227. The highest BCUT2D eigenvalue weighted by Gasteiger charge is 2.21. The number of fused-ring (bicyclic) bond motifs is 1. The van der Waals surface area contributed by atoms with E-state index in [1.54, 1.807) is 24.3 Å². The summed E-state index contributed by atoms with van der Waals surface area (Å²) >= 11 is 7.18. The van der Waals surface area contributed by atoms with Crippen LogP contribution in [0.5, 0.6) is 17.2 Å². The molecule has 3 aromatic rings. The van der Waals surface area contributed by atoms with E-state index in [0.717, 1.165) is 5.75 Å². The predicted octanol–water partition coefficient (Wildman–Crippen LogP) is 3.10. The zero-order valence-electron chi connectivity index (χ0n) is 16.8. The molecule has 162 valence electrons. The second-order valence-corrected chi connectivity index (χ2v) is 8.17. The third kappa shape index (κ3) is 5.62. The molecule has 10 heteroatoms. The number of thioether (sulfide) groups is 1. The largest absolute Gasteiger partial charge is 0.486 e. The maximum Gasteiger partial charge on any atom is 0.230 e. The SMILES string of the molecule is Cn1c(COc2ccc(Cl)cc2)nnc1SCC(=O)NC[C@@H]1COc2ccccc2O1. The van der Waals surface area contributed by atoms with Crippen LogP contribution in [0.25, 0.3) is 0 Å². The number of carbonyl (C=O) groups excluding carboxylic acids is 1. The summed E-state index contributed by atoms with van der Waals surface area (Å²) in [6, 6.07) is 14.6. The van der Waals surface area contributed by atoms with Crippen LogP contribution in [-0.4, -0.2) is 45.7 Å². The molecule has 31 heavy (non-hydrogen) atoms. The van der Waals surface area contributed by atoms with Crippen molar-refractivity contribution >= 4 is 29.3 Å². The van der Waals surface area contributed by atoms with Crippen molar-refractivity contribution < 1.29 is 19.0 Å². The van der Waals surface area contributed by atoms with Gasteiger partial charge in [0.25, 0.3) is 0 Å². The summed E-state index contributed by atoms with van der Waals surface area (Å²) in [5.41, 5.74) is 0. The fourth-order valence-corrected chi connectivity index (χ4v) is 3.73. The second kappa shape index (κ2) is 9.93. The number of aromatic nitrogens is 3. The molecular formula is C21H21ClN4O4S. The molecule has 0 unspecified atom stereocenters. The number of hydrogen-bond donors (Lipinski definition) is 1. The van der Waals surface area contributed by atoms with E-state index in [9.17, 15) is 4.79 Å². The van der Waals surface area contributed by atoms with E-state index in [2.05, 4.69) is 15.5 Å². The number of ether oxygens (including phenoxy) is 3. The first-order valence-electron chi connectivity index (χ1n) is 9.63. The first kappa shape index (κ1) is 21.3. The molecule has 0 saturated heterocycles. The molecule has 1 amide bonds. The molecule has 1 atom stereocenters. The molecule has 0 saturated carbocycles. The predicted molar refractivity (Wildman–Crippen MR) is 117 cm³/mol. The minimum absolute atomic E-state index is 0.116. The van der Waals surface area contributed by atoms with Gasteiger partial charge < -0.3 is 24.1 Å². The zero-order valence-corrected chi connectivity index (χ0v) is 18.4. The summed E-state index contributed by atoms with van der Waals surface area (Å²) in [4.78, 5) is 12.2. The number of rotatable bonds is 8. The fraction of sp³-hybridized carbons (Fsp3) is 0.286. The standard InChI is InChI=1S/C21H21ClN4O4S/c1-26-19(12-28-15-8-6-14(22)7-9-15)24-25-21(26)31-13-20(27)23-10-16-11-29-17-4-2-3-5-18(17)30-16/h2-9,16H,10-13H2,1H3,(H,23,27)/t16-/m1/s1. The van der Waals surface area contributed by atoms with E-state index in [-0.39, 0.29) is 24.4 Å². The molecule has 1 aliphatic heterocycles. The van der Waals surface area contributed by atoms with E-state index in [0.29, 0.717) is 40.7 Å². The average Bonchev–Trinajstić information content (AvgIpc) is 3.15. The molecule has 0 radical (unpaired) electrons. The normalized spacial score (nSPS) is 14.8. The van der Waals surface area contributed by atoms with Gasteiger partial charge in [-0.25, -0.2) is 0 Å². The highest BCUT2D eigenvalue weighted by molar-refractivity contribution is 7.99. The lowest BCUT2D eigenvalue weighted by molar-refractivity contribution is -0.119. The fourth-order valence-electron chi connectivity index (χ4n) is 2.85. The van der Waals surface area contributed by atoms with Crippen LogP contribution in [0.15, 0.2) is 53.7 Å². The van der Waals surface area contributed by atoms with Crippen molar-refractivity contribution in [3.8, 4) is 17.2 Å². The lowest BCUT2D eigenvalue weighted by Crippen LogP contribution is -2.41. The van der Waals surface area contributed by atoms with Crippen LogP contribution >= 0.6 is 23.4 Å². The first-order chi connectivity index (χ1) is 15.1.